The third-order valence-electron chi connectivity index (χ3n) is 2.68. The van der Waals surface area contributed by atoms with Crippen molar-refractivity contribution < 1.29 is 28.2 Å². The molecule has 0 heterocycles. The van der Waals surface area contributed by atoms with Crippen LogP contribution in [0.2, 0.25) is 6.04 Å². The van der Waals surface area contributed by atoms with Crippen molar-refractivity contribution in [2.45, 2.75) is 18.6 Å². The molecule has 19 heavy (non-hydrogen) atoms. The van der Waals surface area contributed by atoms with Crippen LogP contribution >= 0.6 is 0 Å². The third-order valence-corrected chi connectivity index (χ3v) is 5.52. The van der Waals surface area contributed by atoms with Crippen molar-refractivity contribution in [2.75, 3.05) is 54.2 Å². The number of aliphatic hydroxyl groups excluding tert-OH is 2. The summed E-state index contributed by atoms with van der Waals surface area (Å²) in [5.41, 5.74) is 0. The molecule has 8 heteroatoms. The second-order valence-electron chi connectivity index (χ2n) is 4.06. The van der Waals surface area contributed by atoms with E-state index in [2.05, 4.69) is 5.32 Å². The number of hydrogen-bond acceptors (Lipinski definition) is 7. The number of rotatable bonds is 13. The first-order valence-electron chi connectivity index (χ1n) is 6.37. The molecule has 0 aliphatic rings. The molecule has 0 aliphatic carbocycles. The van der Waals surface area contributed by atoms with Gasteiger partial charge in [0.15, 0.2) is 0 Å². The molecule has 1 unspecified atom stereocenters. The Morgan fingerprint density at radius 3 is 2.32 bits per heavy atom. The van der Waals surface area contributed by atoms with Crippen molar-refractivity contribution in [2.24, 2.45) is 0 Å². The van der Waals surface area contributed by atoms with E-state index in [1.54, 1.807) is 21.3 Å². The summed E-state index contributed by atoms with van der Waals surface area (Å²) >= 11 is 0. The van der Waals surface area contributed by atoms with E-state index < -0.39 is 14.9 Å². The molecule has 0 saturated heterocycles. The molecule has 0 bridgehead atoms. The van der Waals surface area contributed by atoms with E-state index >= 15 is 0 Å². The number of hydrogen-bond donors (Lipinski definition) is 3. The molecular formula is C11H27NO6Si. The van der Waals surface area contributed by atoms with E-state index in [1.807, 2.05) is 0 Å². The molecule has 0 aromatic heterocycles. The van der Waals surface area contributed by atoms with Gasteiger partial charge in [0.2, 0.25) is 0 Å². The van der Waals surface area contributed by atoms with E-state index in [4.69, 9.17) is 23.1 Å². The molecule has 0 fully saturated rings. The van der Waals surface area contributed by atoms with Gasteiger partial charge in [-0.3, -0.25) is 0 Å². The first-order valence-corrected chi connectivity index (χ1v) is 8.30. The summed E-state index contributed by atoms with van der Waals surface area (Å²) in [6.45, 7) is 1.72. The summed E-state index contributed by atoms with van der Waals surface area (Å²) in [6.07, 6.45) is 0.180. The fourth-order valence-corrected chi connectivity index (χ4v) is 3.26. The maximum atomic E-state index is 9.54. The number of nitrogens with one attached hydrogen (secondary N) is 1. The van der Waals surface area contributed by atoms with Crippen molar-refractivity contribution in [3.05, 3.63) is 0 Å². The second kappa shape index (κ2) is 11.7. The maximum absolute atomic E-state index is 9.54. The minimum atomic E-state index is -2.50. The minimum absolute atomic E-state index is 0.0609. The molecule has 0 amide bonds. The van der Waals surface area contributed by atoms with Gasteiger partial charge in [-0.25, -0.2) is 0 Å². The third kappa shape index (κ3) is 8.66. The first kappa shape index (κ1) is 18.9. The van der Waals surface area contributed by atoms with Crippen molar-refractivity contribution >= 4 is 8.80 Å². The van der Waals surface area contributed by atoms with Gasteiger partial charge < -0.3 is 33.5 Å². The molecule has 0 spiro atoms. The fraction of sp³-hybridized carbons (Fsp3) is 1.00. The maximum Gasteiger partial charge on any atom is 0.500 e. The van der Waals surface area contributed by atoms with Crippen LogP contribution in [0.25, 0.3) is 0 Å². The zero-order valence-corrected chi connectivity index (χ0v) is 13.1. The Balaban J connectivity index is 3.58. The van der Waals surface area contributed by atoms with E-state index in [9.17, 15) is 5.11 Å². The molecular weight excluding hydrogens is 270 g/mol. The molecule has 0 aliphatic heterocycles. The van der Waals surface area contributed by atoms with E-state index in [1.165, 1.54) is 0 Å². The van der Waals surface area contributed by atoms with Gasteiger partial charge in [-0.1, -0.05) is 0 Å². The SMILES string of the molecule is CO[Si](CCCOCC(O)CNCCO)(OC)OC. The van der Waals surface area contributed by atoms with Crippen LogP contribution in [0, 0.1) is 0 Å². The highest BCUT2D eigenvalue weighted by atomic mass is 28.4. The van der Waals surface area contributed by atoms with Crippen molar-refractivity contribution in [3.8, 4) is 0 Å². The van der Waals surface area contributed by atoms with Crippen LogP contribution in [0.1, 0.15) is 6.42 Å². The van der Waals surface area contributed by atoms with Crippen LogP contribution in [0.4, 0.5) is 0 Å². The average Bonchev–Trinajstić information content (AvgIpc) is 2.44. The predicted molar refractivity (Wildman–Crippen MR) is 73.0 cm³/mol. The van der Waals surface area contributed by atoms with E-state index in [-0.39, 0.29) is 13.2 Å². The lowest BCUT2D eigenvalue weighted by atomic mass is 10.4. The summed E-state index contributed by atoms with van der Waals surface area (Å²) in [4.78, 5) is 0. The van der Waals surface area contributed by atoms with Gasteiger partial charge in [-0.05, 0) is 6.42 Å². The van der Waals surface area contributed by atoms with Gasteiger partial charge in [0.1, 0.15) is 0 Å². The van der Waals surface area contributed by atoms with Crippen LogP contribution in [0.5, 0.6) is 0 Å². The Kier molecular flexibility index (Phi) is 11.7. The van der Waals surface area contributed by atoms with Gasteiger partial charge in [-0.15, -0.1) is 0 Å². The summed E-state index contributed by atoms with van der Waals surface area (Å²) in [7, 11) is 2.24. The zero-order chi connectivity index (χ0) is 14.6. The highest BCUT2D eigenvalue weighted by molar-refractivity contribution is 6.60. The highest BCUT2D eigenvalue weighted by Crippen LogP contribution is 2.14. The molecule has 0 saturated carbocycles. The largest absolute Gasteiger partial charge is 0.500 e. The monoisotopic (exact) mass is 297 g/mol. The number of ether oxygens (including phenoxy) is 1. The zero-order valence-electron chi connectivity index (χ0n) is 12.1. The second-order valence-corrected chi connectivity index (χ2v) is 7.15. The molecule has 0 rings (SSSR count). The van der Waals surface area contributed by atoms with E-state index in [0.717, 1.165) is 6.42 Å². The molecule has 0 aromatic carbocycles. The summed E-state index contributed by atoms with van der Waals surface area (Å²) < 4.78 is 21.2. The Bertz CT molecular complexity index is 197. The summed E-state index contributed by atoms with van der Waals surface area (Å²) in [5, 5.41) is 21.0. The predicted octanol–water partition coefficient (Wildman–Crippen LogP) is -0.786. The Morgan fingerprint density at radius 1 is 1.16 bits per heavy atom. The van der Waals surface area contributed by atoms with Gasteiger partial charge in [0, 0.05) is 47.1 Å². The molecule has 7 nitrogen and oxygen atoms in total. The highest BCUT2D eigenvalue weighted by Gasteiger charge is 2.36. The van der Waals surface area contributed by atoms with Gasteiger partial charge in [0.05, 0.1) is 19.3 Å². The summed E-state index contributed by atoms with van der Waals surface area (Å²) in [6, 6.07) is 0.676. The fourth-order valence-electron chi connectivity index (χ4n) is 1.57. The standard InChI is InChI=1S/C11H27NO6Si/c1-15-19(16-2,17-3)8-4-7-18-10-11(14)9-12-5-6-13/h11-14H,4-10H2,1-3H3. The Morgan fingerprint density at radius 2 is 1.79 bits per heavy atom. The lowest BCUT2D eigenvalue weighted by molar-refractivity contribution is 0.0348. The first-order chi connectivity index (χ1) is 9.14. The topological polar surface area (TPSA) is 89.4 Å². The Hall–Kier alpha value is -0.0631. The molecule has 0 aromatic rings. The van der Waals surface area contributed by atoms with Crippen LogP contribution < -0.4 is 5.32 Å². The lowest BCUT2D eigenvalue weighted by Gasteiger charge is -2.24. The molecule has 0 radical (unpaired) electrons. The van der Waals surface area contributed by atoms with Gasteiger partial charge in [0.25, 0.3) is 0 Å². The van der Waals surface area contributed by atoms with Crippen molar-refractivity contribution in [3.63, 3.8) is 0 Å². The van der Waals surface area contributed by atoms with Crippen molar-refractivity contribution in [1.82, 2.24) is 5.32 Å². The van der Waals surface area contributed by atoms with Crippen molar-refractivity contribution in [1.29, 1.82) is 0 Å². The van der Waals surface area contributed by atoms with Crippen LogP contribution in [-0.2, 0) is 18.0 Å². The smallest absolute Gasteiger partial charge is 0.395 e. The van der Waals surface area contributed by atoms with Crippen LogP contribution in [-0.4, -0.2) is 79.4 Å². The van der Waals surface area contributed by atoms with Crippen LogP contribution in [0.15, 0.2) is 0 Å². The summed E-state index contributed by atoms with van der Waals surface area (Å²) in [5.74, 6) is 0. The van der Waals surface area contributed by atoms with Gasteiger partial charge in [-0.2, -0.15) is 0 Å². The molecule has 116 valence electrons. The van der Waals surface area contributed by atoms with Crippen LogP contribution in [0.3, 0.4) is 0 Å². The van der Waals surface area contributed by atoms with E-state index in [0.29, 0.717) is 25.7 Å². The normalized spacial score (nSPS) is 13.7. The quantitative estimate of drug-likeness (QED) is 0.303. The van der Waals surface area contributed by atoms with Gasteiger partial charge >= 0.3 is 8.80 Å². The number of aliphatic hydroxyl groups is 2. The lowest BCUT2D eigenvalue weighted by Crippen LogP contribution is -2.42. The Labute approximate surface area is 116 Å². The molecule has 1 atom stereocenters. The minimum Gasteiger partial charge on any atom is -0.395 e. The average molecular weight is 297 g/mol. The molecule has 3 N–H and O–H groups in total.